The smallest absolute Gasteiger partial charge is 0.256 e. The van der Waals surface area contributed by atoms with Gasteiger partial charge in [-0.05, 0) is 66.3 Å². The number of amides is 1. The molecule has 1 N–H and O–H groups in total. The quantitative estimate of drug-likeness (QED) is 0.306. The van der Waals surface area contributed by atoms with Crippen LogP contribution in [-0.2, 0) is 6.42 Å². The predicted octanol–water partition coefficient (Wildman–Crippen LogP) is 6.82. The molecule has 1 amide bonds. The van der Waals surface area contributed by atoms with E-state index in [9.17, 15) is 4.79 Å². The van der Waals surface area contributed by atoms with Gasteiger partial charge in [0.2, 0.25) is 0 Å². The first-order chi connectivity index (χ1) is 16.1. The summed E-state index contributed by atoms with van der Waals surface area (Å²) in [4.78, 5) is 14.6. The summed E-state index contributed by atoms with van der Waals surface area (Å²) in [5.74, 6) is -0.197. The van der Waals surface area contributed by atoms with Crippen molar-refractivity contribution < 1.29 is 4.79 Å². The van der Waals surface area contributed by atoms with Gasteiger partial charge in [-0.15, -0.1) is 10.2 Å². The van der Waals surface area contributed by atoms with Crippen molar-refractivity contribution in [3.05, 3.63) is 95.0 Å². The number of aromatic nitrogens is 3. The van der Waals surface area contributed by atoms with E-state index in [-0.39, 0.29) is 5.91 Å². The van der Waals surface area contributed by atoms with Crippen LogP contribution in [0.2, 0.25) is 5.02 Å². The standard InChI is InChI=1S/C27H23ClN4O/c1-2-3-6-18-11-14-20(15-12-18)32-30-25-16-13-19(17-26(25)31-32)29-27(33)23-9-4-8-22-21(23)7-5-10-24(22)28/h4-5,7-17H,2-3,6H2,1H3,(H,29,33). The summed E-state index contributed by atoms with van der Waals surface area (Å²) in [5.41, 5.74) is 4.93. The number of carbonyl (C=O) groups is 1. The fourth-order valence-corrected chi connectivity index (χ4v) is 4.19. The van der Waals surface area contributed by atoms with Crippen LogP contribution in [0.3, 0.4) is 0 Å². The van der Waals surface area contributed by atoms with Crippen molar-refractivity contribution in [2.24, 2.45) is 0 Å². The number of nitrogens with one attached hydrogen (secondary N) is 1. The second-order valence-corrected chi connectivity index (χ2v) is 8.46. The molecule has 5 aromatic rings. The molecule has 4 aromatic carbocycles. The van der Waals surface area contributed by atoms with Crippen molar-refractivity contribution in [3.8, 4) is 5.69 Å². The molecule has 0 radical (unpaired) electrons. The molecule has 0 unspecified atom stereocenters. The summed E-state index contributed by atoms with van der Waals surface area (Å²) in [6.45, 7) is 2.20. The second-order valence-electron chi connectivity index (χ2n) is 8.06. The maximum atomic E-state index is 13.0. The number of halogens is 1. The summed E-state index contributed by atoms with van der Waals surface area (Å²) in [7, 11) is 0. The van der Waals surface area contributed by atoms with Gasteiger partial charge in [-0.25, -0.2) is 0 Å². The van der Waals surface area contributed by atoms with Crippen molar-refractivity contribution in [1.29, 1.82) is 0 Å². The molecule has 0 fully saturated rings. The minimum absolute atomic E-state index is 0.197. The van der Waals surface area contributed by atoms with Gasteiger partial charge in [0, 0.05) is 21.7 Å². The second kappa shape index (κ2) is 9.04. The molecule has 0 bridgehead atoms. The molecular weight excluding hydrogens is 432 g/mol. The first-order valence-electron chi connectivity index (χ1n) is 11.1. The molecule has 0 aliphatic carbocycles. The third-order valence-electron chi connectivity index (χ3n) is 5.74. The monoisotopic (exact) mass is 454 g/mol. The highest BCUT2D eigenvalue weighted by atomic mass is 35.5. The van der Waals surface area contributed by atoms with E-state index >= 15 is 0 Å². The molecule has 1 heterocycles. The zero-order chi connectivity index (χ0) is 22.8. The van der Waals surface area contributed by atoms with Gasteiger partial charge in [0.1, 0.15) is 11.0 Å². The fraction of sp³-hybridized carbons (Fsp3) is 0.148. The van der Waals surface area contributed by atoms with E-state index in [2.05, 4.69) is 34.6 Å². The number of rotatable bonds is 6. The minimum atomic E-state index is -0.197. The fourth-order valence-electron chi connectivity index (χ4n) is 3.95. The lowest BCUT2D eigenvalue weighted by molar-refractivity contribution is 0.102. The lowest BCUT2D eigenvalue weighted by atomic mass is 10.0. The number of benzene rings is 4. The van der Waals surface area contributed by atoms with Gasteiger partial charge in [0.25, 0.3) is 5.91 Å². The average Bonchev–Trinajstić information content (AvgIpc) is 3.26. The Labute approximate surface area is 197 Å². The molecule has 5 nitrogen and oxygen atoms in total. The summed E-state index contributed by atoms with van der Waals surface area (Å²) >= 11 is 6.29. The Kier molecular flexibility index (Phi) is 5.80. The molecule has 0 spiro atoms. The van der Waals surface area contributed by atoms with Gasteiger partial charge in [-0.1, -0.05) is 61.3 Å². The lowest BCUT2D eigenvalue weighted by Crippen LogP contribution is -2.12. The van der Waals surface area contributed by atoms with Crippen LogP contribution >= 0.6 is 11.6 Å². The molecule has 6 heteroatoms. The Bertz CT molecular complexity index is 1460. The molecule has 0 saturated heterocycles. The lowest BCUT2D eigenvalue weighted by Gasteiger charge is -2.09. The number of fused-ring (bicyclic) bond motifs is 2. The van der Waals surface area contributed by atoms with Crippen LogP contribution in [-0.4, -0.2) is 20.9 Å². The molecular formula is C27H23ClN4O. The summed E-state index contributed by atoms with van der Waals surface area (Å²) in [6, 6.07) is 25.0. The van der Waals surface area contributed by atoms with E-state index in [0.717, 1.165) is 28.4 Å². The molecule has 0 aliphatic rings. The normalized spacial score (nSPS) is 11.2. The van der Waals surface area contributed by atoms with E-state index in [4.69, 9.17) is 11.6 Å². The largest absolute Gasteiger partial charge is 0.322 e. The highest BCUT2D eigenvalue weighted by molar-refractivity contribution is 6.36. The van der Waals surface area contributed by atoms with E-state index in [1.165, 1.54) is 18.4 Å². The molecule has 33 heavy (non-hydrogen) atoms. The van der Waals surface area contributed by atoms with Gasteiger partial charge in [0.05, 0.1) is 5.69 Å². The van der Waals surface area contributed by atoms with E-state index in [1.807, 2.05) is 60.7 Å². The summed E-state index contributed by atoms with van der Waals surface area (Å²) < 4.78 is 0. The van der Waals surface area contributed by atoms with Crippen LogP contribution in [0.25, 0.3) is 27.5 Å². The van der Waals surface area contributed by atoms with Crippen LogP contribution in [0.4, 0.5) is 5.69 Å². The van der Waals surface area contributed by atoms with E-state index in [0.29, 0.717) is 21.8 Å². The van der Waals surface area contributed by atoms with Crippen molar-refractivity contribution in [2.75, 3.05) is 5.32 Å². The zero-order valence-corrected chi connectivity index (χ0v) is 19.0. The summed E-state index contributed by atoms with van der Waals surface area (Å²) in [5, 5.41) is 14.5. The number of hydrogen-bond acceptors (Lipinski definition) is 3. The Hall–Kier alpha value is -3.70. The Morgan fingerprint density at radius 1 is 0.909 bits per heavy atom. The summed E-state index contributed by atoms with van der Waals surface area (Å²) in [6.07, 6.45) is 3.45. The van der Waals surface area contributed by atoms with Crippen molar-refractivity contribution in [2.45, 2.75) is 26.2 Å². The molecule has 1 aromatic heterocycles. The van der Waals surface area contributed by atoms with Crippen molar-refractivity contribution in [1.82, 2.24) is 15.0 Å². The zero-order valence-electron chi connectivity index (χ0n) is 18.3. The van der Waals surface area contributed by atoms with Crippen LogP contribution in [0.5, 0.6) is 0 Å². The predicted molar refractivity (Wildman–Crippen MR) is 134 cm³/mol. The molecule has 0 saturated carbocycles. The maximum absolute atomic E-state index is 13.0. The number of hydrogen-bond donors (Lipinski definition) is 1. The number of anilines is 1. The number of unbranched alkanes of at least 4 members (excludes halogenated alkanes) is 1. The molecule has 5 rings (SSSR count). The highest BCUT2D eigenvalue weighted by Crippen LogP contribution is 2.27. The SMILES string of the molecule is CCCCc1ccc(-n2nc3ccc(NC(=O)c4cccc5c(Cl)cccc45)cc3n2)cc1. The maximum Gasteiger partial charge on any atom is 0.256 e. The minimum Gasteiger partial charge on any atom is -0.322 e. The molecule has 164 valence electrons. The average molecular weight is 455 g/mol. The van der Waals surface area contributed by atoms with Crippen LogP contribution in [0.15, 0.2) is 78.9 Å². The van der Waals surface area contributed by atoms with Crippen LogP contribution in [0.1, 0.15) is 35.7 Å². The van der Waals surface area contributed by atoms with Crippen LogP contribution in [0, 0.1) is 0 Å². The Morgan fingerprint density at radius 2 is 1.67 bits per heavy atom. The third-order valence-corrected chi connectivity index (χ3v) is 6.07. The van der Waals surface area contributed by atoms with Gasteiger partial charge in [-0.2, -0.15) is 4.80 Å². The van der Waals surface area contributed by atoms with Crippen molar-refractivity contribution in [3.63, 3.8) is 0 Å². The van der Waals surface area contributed by atoms with Gasteiger partial charge < -0.3 is 5.32 Å². The Balaban J connectivity index is 1.39. The topological polar surface area (TPSA) is 59.8 Å². The van der Waals surface area contributed by atoms with Gasteiger partial charge >= 0.3 is 0 Å². The van der Waals surface area contributed by atoms with Crippen LogP contribution < -0.4 is 5.32 Å². The number of aryl methyl sites for hydroxylation is 1. The van der Waals surface area contributed by atoms with E-state index in [1.54, 1.807) is 10.9 Å². The van der Waals surface area contributed by atoms with Crippen molar-refractivity contribution >= 4 is 45.0 Å². The highest BCUT2D eigenvalue weighted by Gasteiger charge is 2.13. The van der Waals surface area contributed by atoms with Gasteiger partial charge in [-0.3, -0.25) is 4.79 Å². The first-order valence-corrected chi connectivity index (χ1v) is 11.4. The first kappa shape index (κ1) is 21.2. The number of nitrogens with zero attached hydrogens (tertiary/aromatic N) is 3. The molecule has 0 aliphatic heterocycles. The molecule has 0 atom stereocenters. The van der Waals surface area contributed by atoms with Gasteiger partial charge in [0.15, 0.2) is 0 Å². The Morgan fingerprint density at radius 3 is 2.48 bits per heavy atom. The number of carbonyl (C=O) groups excluding carboxylic acids is 1. The third kappa shape index (κ3) is 4.32. The van der Waals surface area contributed by atoms with E-state index < -0.39 is 0 Å².